The van der Waals surface area contributed by atoms with Gasteiger partial charge in [0, 0.05) is 20.3 Å². The highest BCUT2D eigenvalue weighted by molar-refractivity contribution is 5.86. The summed E-state index contributed by atoms with van der Waals surface area (Å²) in [5.41, 5.74) is 0.811. The van der Waals surface area contributed by atoms with Gasteiger partial charge in [0.15, 0.2) is 5.82 Å². The van der Waals surface area contributed by atoms with Crippen molar-refractivity contribution in [3.05, 3.63) is 18.6 Å². The van der Waals surface area contributed by atoms with Crippen molar-refractivity contribution in [1.82, 2.24) is 19.9 Å². The molecule has 0 atom stereocenters. The van der Waals surface area contributed by atoms with Gasteiger partial charge in [-0.1, -0.05) is 0 Å². The van der Waals surface area contributed by atoms with E-state index >= 15 is 0 Å². The van der Waals surface area contributed by atoms with Crippen molar-refractivity contribution in [1.29, 1.82) is 0 Å². The fraction of sp³-hybridized carbons (Fsp3) is 0.222. The van der Waals surface area contributed by atoms with Crippen LogP contribution in [0.3, 0.4) is 0 Å². The molecule has 0 aliphatic heterocycles. The van der Waals surface area contributed by atoms with E-state index in [1.807, 2.05) is 31.3 Å². The van der Waals surface area contributed by atoms with Gasteiger partial charge in [0.25, 0.3) is 0 Å². The van der Waals surface area contributed by atoms with Crippen LogP contribution in [0, 0.1) is 0 Å². The number of rotatable bonds is 2. The van der Waals surface area contributed by atoms with Crippen LogP contribution in [-0.2, 0) is 0 Å². The van der Waals surface area contributed by atoms with Gasteiger partial charge in [0.1, 0.15) is 12.0 Å². The summed E-state index contributed by atoms with van der Waals surface area (Å²) < 4.78 is 0. The summed E-state index contributed by atoms with van der Waals surface area (Å²) in [6.07, 6.45) is 5.05. The number of nitrogens with one attached hydrogen (secondary N) is 1. The number of hydrogen-bond donors (Lipinski definition) is 1. The first-order valence-corrected chi connectivity index (χ1v) is 4.26. The minimum Gasteiger partial charge on any atom is -0.369 e. The quantitative estimate of drug-likeness (QED) is 0.570. The molecule has 0 aliphatic rings. The molecule has 0 saturated carbocycles. The molecule has 0 radical (unpaired) electrons. The van der Waals surface area contributed by atoms with Crippen LogP contribution >= 0.6 is 0 Å². The Labute approximate surface area is 81.5 Å². The molecule has 1 N–H and O–H groups in total. The van der Waals surface area contributed by atoms with Crippen molar-refractivity contribution in [2.75, 3.05) is 14.1 Å². The van der Waals surface area contributed by atoms with Crippen molar-refractivity contribution in [2.24, 2.45) is 4.99 Å². The van der Waals surface area contributed by atoms with Gasteiger partial charge >= 0.3 is 0 Å². The number of hydrogen-bond acceptors (Lipinski definition) is 3. The average Bonchev–Trinajstić information content (AvgIpc) is 2.62. The summed E-state index contributed by atoms with van der Waals surface area (Å²) in [6.45, 7) is 0. The predicted molar refractivity (Wildman–Crippen MR) is 55.7 cm³/mol. The lowest BCUT2D eigenvalue weighted by molar-refractivity contribution is 0.643. The second-order valence-electron chi connectivity index (χ2n) is 3.15. The molecular weight excluding hydrogens is 178 g/mol. The molecule has 2 aromatic heterocycles. The Bertz CT molecular complexity index is 457. The van der Waals surface area contributed by atoms with E-state index in [2.05, 4.69) is 19.9 Å². The van der Waals surface area contributed by atoms with Gasteiger partial charge in [-0.2, -0.15) is 0 Å². The molecule has 0 saturated heterocycles. The van der Waals surface area contributed by atoms with Crippen molar-refractivity contribution in [2.45, 2.75) is 0 Å². The molecule has 2 aromatic rings. The van der Waals surface area contributed by atoms with Crippen LogP contribution in [0.2, 0.25) is 0 Å². The molecule has 2 rings (SSSR count). The first kappa shape index (κ1) is 8.68. The van der Waals surface area contributed by atoms with Crippen LogP contribution in [0.25, 0.3) is 11.0 Å². The van der Waals surface area contributed by atoms with E-state index in [0.717, 1.165) is 11.0 Å². The van der Waals surface area contributed by atoms with Gasteiger partial charge in [-0.15, -0.1) is 0 Å². The predicted octanol–water partition coefficient (Wildman–Crippen LogP) is 1.18. The molecule has 5 heteroatoms. The molecule has 0 spiro atoms. The Morgan fingerprint density at radius 3 is 3.07 bits per heavy atom. The number of aromatic nitrogens is 3. The Morgan fingerprint density at radius 2 is 2.29 bits per heavy atom. The maximum absolute atomic E-state index is 4.24. The largest absolute Gasteiger partial charge is 0.369 e. The van der Waals surface area contributed by atoms with Crippen LogP contribution < -0.4 is 0 Å². The van der Waals surface area contributed by atoms with Crippen molar-refractivity contribution in [3.63, 3.8) is 0 Å². The van der Waals surface area contributed by atoms with Crippen LogP contribution in [0.4, 0.5) is 5.82 Å². The van der Waals surface area contributed by atoms with Gasteiger partial charge in [0.2, 0.25) is 0 Å². The highest BCUT2D eigenvalue weighted by atomic mass is 15.1. The molecule has 2 heterocycles. The lowest BCUT2D eigenvalue weighted by Crippen LogP contribution is -2.07. The van der Waals surface area contributed by atoms with E-state index in [9.17, 15) is 0 Å². The third-order valence-electron chi connectivity index (χ3n) is 1.74. The number of H-pyrrole nitrogens is 1. The number of fused-ring (bicyclic) bond motifs is 1. The zero-order valence-electron chi connectivity index (χ0n) is 8.10. The maximum atomic E-state index is 4.24. The summed E-state index contributed by atoms with van der Waals surface area (Å²) in [5.74, 6) is 0.685. The molecule has 0 bridgehead atoms. The van der Waals surface area contributed by atoms with E-state index < -0.39 is 0 Å². The zero-order chi connectivity index (χ0) is 9.97. The van der Waals surface area contributed by atoms with E-state index in [-0.39, 0.29) is 0 Å². The lowest BCUT2D eigenvalue weighted by Gasteiger charge is -2.01. The summed E-state index contributed by atoms with van der Waals surface area (Å²) >= 11 is 0. The molecule has 0 amide bonds. The Kier molecular flexibility index (Phi) is 2.14. The van der Waals surface area contributed by atoms with Crippen molar-refractivity contribution in [3.8, 4) is 0 Å². The topological polar surface area (TPSA) is 57.2 Å². The van der Waals surface area contributed by atoms with Gasteiger partial charge in [0.05, 0.1) is 11.7 Å². The molecule has 72 valence electrons. The molecule has 0 unspecified atom stereocenters. The maximum Gasteiger partial charge on any atom is 0.166 e. The highest BCUT2D eigenvalue weighted by Crippen LogP contribution is 2.19. The molecule has 0 aromatic carbocycles. The summed E-state index contributed by atoms with van der Waals surface area (Å²) in [7, 11) is 3.83. The highest BCUT2D eigenvalue weighted by Gasteiger charge is 2.01. The average molecular weight is 189 g/mol. The Morgan fingerprint density at radius 1 is 1.43 bits per heavy atom. The summed E-state index contributed by atoms with van der Waals surface area (Å²) in [5, 5.41) is 0.936. The van der Waals surface area contributed by atoms with Crippen molar-refractivity contribution < 1.29 is 0 Å². The van der Waals surface area contributed by atoms with Gasteiger partial charge in [-0.05, 0) is 6.07 Å². The number of nitrogens with zero attached hydrogens (tertiary/aromatic N) is 4. The molecule has 5 nitrogen and oxygen atoms in total. The molecule has 0 fully saturated rings. The smallest absolute Gasteiger partial charge is 0.166 e. The van der Waals surface area contributed by atoms with E-state index in [1.54, 1.807) is 6.34 Å². The monoisotopic (exact) mass is 189 g/mol. The molecular formula is C9H11N5. The van der Waals surface area contributed by atoms with E-state index in [0.29, 0.717) is 5.82 Å². The van der Waals surface area contributed by atoms with Gasteiger partial charge in [-0.25, -0.2) is 15.0 Å². The molecule has 14 heavy (non-hydrogen) atoms. The van der Waals surface area contributed by atoms with E-state index in [1.165, 1.54) is 6.33 Å². The van der Waals surface area contributed by atoms with Gasteiger partial charge < -0.3 is 9.88 Å². The lowest BCUT2D eigenvalue weighted by atomic mass is 10.4. The SMILES string of the molecule is CN(C)/C=N/c1ncnc2[nH]ccc12. The van der Waals surface area contributed by atoms with Gasteiger partial charge in [-0.3, -0.25) is 0 Å². The standard InChI is InChI=1S/C9H11N5/c1-14(2)6-13-9-7-3-4-10-8(7)11-5-12-9/h3-6H,1-2H3,(H,10,11,12)/b13-6+. The molecule has 0 aliphatic carbocycles. The van der Waals surface area contributed by atoms with Crippen LogP contribution in [-0.4, -0.2) is 40.3 Å². The summed E-state index contributed by atoms with van der Waals surface area (Å²) in [4.78, 5) is 17.3. The first-order valence-electron chi connectivity index (χ1n) is 4.26. The van der Waals surface area contributed by atoms with E-state index in [4.69, 9.17) is 0 Å². The second kappa shape index (κ2) is 3.45. The first-order chi connectivity index (χ1) is 6.77. The minimum absolute atomic E-state index is 0.685. The fourth-order valence-corrected chi connectivity index (χ4v) is 1.13. The van der Waals surface area contributed by atoms with Crippen LogP contribution in [0.5, 0.6) is 0 Å². The van der Waals surface area contributed by atoms with Crippen LogP contribution in [0.15, 0.2) is 23.6 Å². The number of aromatic amines is 1. The summed E-state index contributed by atoms with van der Waals surface area (Å²) in [6, 6.07) is 1.91. The third kappa shape index (κ3) is 1.56. The van der Waals surface area contributed by atoms with Crippen molar-refractivity contribution >= 4 is 23.2 Å². The Hall–Kier alpha value is -1.91. The van der Waals surface area contributed by atoms with Crippen LogP contribution in [0.1, 0.15) is 0 Å². The zero-order valence-corrected chi connectivity index (χ0v) is 8.10. The minimum atomic E-state index is 0.685. The number of aliphatic imine (C=N–C) groups is 1. The Balaban J connectivity index is 2.46. The third-order valence-corrected chi connectivity index (χ3v) is 1.74. The normalized spacial score (nSPS) is 11.3. The fourth-order valence-electron chi connectivity index (χ4n) is 1.13. The second-order valence-corrected chi connectivity index (χ2v) is 3.15.